The Bertz CT molecular complexity index is 1050. The molecule has 3 aromatic rings. The fourth-order valence-electron chi connectivity index (χ4n) is 3.32. The minimum atomic E-state index is -3.31. The van der Waals surface area contributed by atoms with E-state index < -0.39 is 10.0 Å². The number of hydrogen-bond acceptors (Lipinski definition) is 4. The van der Waals surface area contributed by atoms with Crippen LogP contribution in [0.3, 0.4) is 0 Å². The third kappa shape index (κ3) is 3.73. The lowest BCUT2D eigenvalue weighted by molar-refractivity contribution is 0.415. The van der Waals surface area contributed by atoms with Crippen molar-refractivity contribution in [2.45, 2.75) is 26.8 Å². The number of aryl methyl sites for hydroxylation is 1. The summed E-state index contributed by atoms with van der Waals surface area (Å²) >= 11 is 0. The van der Waals surface area contributed by atoms with Crippen LogP contribution in [0.5, 0.6) is 5.75 Å². The summed E-state index contributed by atoms with van der Waals surface area (Å²) in [5.74, 6) is 0.884. The SMILES string of the molecule is CCCS(=O)(=O)Nc1ccc(-c2c(N)c3ccc(OC)cc3n2CC)cc1. The Morgan fingerprint density at radius 1 is 1.11 bits per heavy atom. The average Bonchev–Trinajstić information content (AvgIpc) is 2.93. The van der Waals surface area contributed by atoms with Gasteiger partial charge in [0.2, 0.25) is 10.0 Å². The number of rotatable bonds is 7. The van der Waals surface area contributed by atoms with E-state index in [9.17, 15) is 8.42 Å². The predicted octanol–water partition coefficient (Wildman–Crippen LogP) is 4.07. The highest BCUT2D eigenvalue weighted by Crippen LogP contribution is 2.38. The molecule has 1 aromatic heterocycles. The van der Waals surface area contributed by atoms with E-state index >= 15 is 0 Å². The molecule has 0 spiro atoms. The number of hydrogen-bond donors (Lipinski definition) is 2. The molecular formula is C20H25N3O3S. The zero-order valence-corrected chi connectivity index (χ0v) is 16.6. The third-order valence-corrected chi connectivity index (χ3v) is 6.02. The van der Waals surface area contributed by atoms with E-state index in [4.69, 9.17) is 10.5 Å². The fourth-order valence-corrected chi connectivity index (χ4v) is 4.45. The van der Waals surface area contributed by atoms with Gasteiger partial charge in [-0.2, -0.15) is 0 Å². The number of sulfonamides is 1. The second kappa shape index (κ2) is 7.52. The molecular weight excluding hydrogens is 362 g/mol. The summed E-state index contributed by atoms with van der Waals surface area (Å²) in [5, 5.41) is 0.973. The van der Waals surface area contributed by atoms with E-state index in [1.165, 1.54) is 0 Å². The van der Waals surface area contributed by atoms with Gasteiger partial charge in [-0.05, 0) is 37.6 Å². The second-order valence-corrected chi connectivity index (χ2v) is 8.23. The lowest BCUT2D eigenvalue weighted by Crippen LogP contribution is -2.15. The Kier molecular flexibility index (Phi) is 5.32. The number of fused-ring (bicyclic) bond motifs is 1. The van der Waals surface area contributed by atoms with Crippen molar-refractivity contribution in [1.82, 2.24) is 4.57 Å². The second-order valence-electron chi connectivity index (χ2n) is 6.39. The van der Waals surface area contributed by atoms with Crippen LogP contribution < -0.4 is 15.2 Å². The number of benzene rings is 2. The number of anilines is 2. The highest BCUT2D eigenvalue weighted by atomic mass is 32.2. The van der Waals surface area contributed by atoms with Crippen molar-refractivity contribution in [3.05, 3.63) is 42.5 Å². The van der Waals surface area contributed by atoms with Gasteiger partial charge in [0.25, 0.3) is 0 Å². The largest absolute Gasteiger partial charge is 0.497 e. The van der Waals surface area contributed by atoms with Crippen molar-refractivity contribution in [2.75, 3.05) is 23.3 Å². The van der Waals surface area contributed by atoms with Crippen LogP contribution >= 0.6 is 0 Å². The molecule has 0 aliphatic carbocycles. The Balaban J connectivity index is 2.03. The minimum absolute atomic E-state index is 0.105. The quantitative estimate of drug-likeness (QED) is 0.640. The molecule has 6 nitrogen and oxygen atoms in total. The summed E-state index contributed by atoms with van der Waals surface area (Å²) in [6.07, 6.45) is 0.573. The van der Waals surface area contributed by atoms with Crippen LogP contribution in [-0.4, -0.2) is 25.8 Å². The standard InChI is InChI=1S/C20H25N3O3S/c1-4-12-27(24,25)22-15-8-6-14(7-9-15)20-19(21)17-11-10-16(26-3)13-18(17)23(20)5-2/h6-11,13,22H,4-5,12,21H2,1-3H3. The smallest absolute Gasteiger partial charge is 0.232 e. The number of nitrogens with two attached hydrogens (primary N) is 1. The lowest BCUT2D eigenvalue weighted by Gasteiger charge is -2.11. The zero-order chi connectivity index (χ0) is 19.6. The molecule has 1 heterocycles. The van der Waals surface area contributed by atoms with Crippen molar-refractivity contribution in [1.29, 1.82) is 0 Å². The van der Waals surface area contributed by atoms with Gasteiger partial charge >= 0.3 is 0 Å². The Labute approximate surface area is 160 Å². The molecule has 3 N–H and O–H groups in total. The lowest BCUT2D eigenvalue weighted by atomic mass is 10.1. The summed E-state index contributed by atoms with van der Waals surface area (Å²) in [7, 11) is -1.66. The number of nitrogens with one attached hydrogen (secondary N) is 1. The van der Waals surface area contributed by atoms with Crippen LogP contribution in [0.15, 0.2) is 42.5 Å². The molecule has 7 heteroatoms. The number of methoxy groups -OCH3 is 1. The molecule has 0 saturated heterocycles. The first kappa shape index (κ1) is 19.1. The van der Waals surface area contributed by atoms with Crippen molar-refractivity contribution < 1.29 is 13.2 Å². The first-order chi connectivity index (χ1) is 12.9. The Hall–Kier alpha value is -2.67. The molecule has 0 saturated carbocycles. The molecule has 2 aromatic carbocycles. The molecule has 0 unspecified atom stereocenters. The van der Waals surface area contributed by atoms with Gasteiger partial charge in [0, 0.05) is 29.2 Å². The van der Waals surface area contributed by atoms with Crippen molar-refractivity contribution in [2.24, 2.45) is 0 Å². The van der Waals surface area contributed by atoms with E-state index in [1.807, 2.05) is 37.3 Å². The van der Waals surface area contributed by atoms with Gasteiger partial charge in [-0.25, -0.2) is 8.42 Å². The van der Waals surface area contributed by atoms with E-state index in [2.05, 4.69) is 16.2 Å². The summed E-state index contributed by atoms with van der Waals surface area (Å²) < 4.78 is 34.0. The monoisotopic (exact) mass is 387 g/mol. The van der Waals surface area contributed by atoms with Crippen LogP contribution in [0.1, 0.15) is 20.3 Å². The minimum Gasteiger partial charge on any atom is -0.497 e. The summed E-state index contributed by atoms with van der Waals surface area (Å²) in [5.41, 5.74) is 10.6. The topological polar surface area (TPSA) is 86.3 Å². The van der Waals surface area contributed by atoms with Crippen molar-refractivity contribution in [3.63, 3.8) is 0 Å². The van der Waals surface area contributed by atoms with Gasteiger partial charge in [0.1, 0.15) is 5.75 Å². The van der Waals surface area contributed by atoms with E-state index in [0.717, 1.165) is 34.5 Å². The molecule has 0 bridgehead atoms. The molecule has 27 heavy (non-hydrogen) atoms. The van der Waals surface area contributed by atoms with Gasteiger partial charge in [-0.1, -0.05) is 19.1 Å². The average molecular weight is 388 g/mol. The molecule has 0 fully saturated rings. The number of nitrogens with zero attached hydrogens (tertiary/aromatic N) is 1. The highest BCUT2D eigenvalue weighted by Gasteiger charge is 2.17. The van der Waals surface area contributed by atoms with Crippen LogP contribution in [-0.2, 0) is 16.6 Å². The summed E-state index contributed by atoms with van der Waals surface area (Å²) in [6, 6.07) is 13.1. The molecule has 144 valence electrons. The van der Waals surface area contributed by atoms with E-state index in [1.54, 1.807) is 19.2 Å². The molecule has 0 amide bonds. The third-order valence-electron chi connectivity index (χ3n) is 4.53. The van der Waals surface area contributed by atoms with E-state index in [-0.39, 0.29) is 5.75 Å². The van der Waals surface area contributed by atoms with Gasteiger partial charge < -0.3 is 15.0 Å². The van der Waals surface area contributed by atoms with Crippen LogP contribution in [0.25, 0.3) is 22.2 Å². The maximum Gasteiger partial charge on any atom is 0.232 e. The molecule has 3 rings (SSSR count). The molecule has 0 atom stereocenters. The van der Waals surface area contributed by atoms with Crippen LogP contribution in [0.4, 0.5) is 11.4 Å². The van der Waals surface area contributed by atoms with E-state index in [0.29, 0.717) is 17.8 Å². The van der Waals surface area contributed by atoms with Gasteiger partial charge in [-0.15, -0.1) is 0 Å². The number of nitrogen functional groups attached to an aromatic ring is 1. The molecule has 0 aliphatic heterocycles. The first-order valence-corrected chi connectivity index (χ1v) is 10.6. The summed E-state index contributed by atoms with van der Waals surface area (Å²) in [4.78, 5) is 0. The van der Waals surface area contributed by atoms with Crippen molar-refractivity contribution in [3.8, 4) is 17.0 Å². The maximum absolute atomic E-state index is 11.9. The van der Waals surface area contributed by atoms with Crippen LogP contribution in [0.2, 0.25) is 0 Å². The first-order valence-electron chi connectivity index (χ1n) is 8.96. The zero-order valence-electron chi connectivity index (χ0n) is 15.8. The highest BCUT2D eigenvalue weighted by molar-refractivity contribution is 7.92. The Morgan fingerprint density at radius 2 is 1.81 bits per heavy atom. The Morgan fingerprint density at radius 3 is 2.41 bits per heavy atom. The number of ether oxygens (including phenoxy) is 1. The fraction of sp³-hybridized carbons (Fsp3) is 0.300. The predicted molar refractivity (Wildman–Crippen MR) is 112 cm³/mol. The van der Waals surface area contributed by atoms with Gasteiger partial charge in [-0.3, -0.25) is 4.72 Å². The van der Waals surface area contributed by atoms with Crippen LogP contribution in [0, 0.1) is 0 Å². The maximum atomic E-state index is 11.9. The number of aromatic nitrogens is 1. The summed E-state index contributed by atoms with van der Waals surface area (Å²) in [6.45, 7) is 4.65. The van der Waals surface area contributed by atoms with Gasteiger partial charge in [0.05, 0.1) is 29.8 Å². The molecule has 0 aliphatic rings. The molecule has 0 radical (unpaired) electrons. The normalized spacial score (nSPS) is 11.7. The van der Waals surface area contributed by atoms with Crippen molar-refractivity contribution >= 4 is 32.3 Å². The van der Waals surface area contributed by atoms with Gasteiger partial charge in [0.15, 0.2) is 0 Å².